The number of likely N-dealkylation sites (N-methyl/N-ethyl adjacent to an activating group) is 1. The molecular formula is C20H27N5S. The number of hydrogen-bond acceptors (Lipinski definition) is 6. The quantitative estimate of drug-likeness (QED) is 0.829. The molecule has 138 valence electrons. The van der Waals surface area contributed by atoms with E-state index >= 15 is 0 Å². The third-order valence-electron chi connectivity index (χ3n) is 6.14. The lowest BCUT2D eigenvalue weighted by molar-refractivity contribution is 0.196. The highest BCUT2D eigenvalue weighted by Crippen LogP contribution is 2.29. The lowest BCUT2D eigenvalue weighted by atomic mass is 9.96. The zero-order valence-corrected chi connectivity index (χ0v) is 16.4. The van der Waals surface area contributed by atoms with Crippen molar-refractivity contribution >= 4 is 17.2 Å². The highest BCUT2D eigenvalue weighted by atomic mass is 32.1. The van der Waals surface area contributed by atoms with Gasteiger partial charge in [-0.1, -0.05) is 0 Å². The summed E-state index contributed by atoms with van der Waals surface area (Å²) in [6, 6.07) is 2.88. The minimum Gasteiger partial charge on any atom is -0.352 e. The van der Waals surface area contributed by atoms with Gasteiger partial charge in [-0.15, -0.1) is 16.4 Å². The van der Waals surface area contributed by atoms with Crippen LogP contribution in [0.1, 0.15) is 52.5 Å². The van der Waals surface area contributed by atoms with E-state index in [-0.39, 0.29) is 0 Å². The Morgan fingerprint density at radius 2 is 1.81 bits per heavy atom. The van der Waals surface area contributed by atoms with Crippen LogP contribution in [0.4, 0.5) is 5.82 Å². The molecule has 3 aliphatic rings. The second-order valence-electron chi connectivity index (χ2n) is 8.04. The topological polar surface area (TPSA) is 45.2 Å². The minimum absolute atomic E-state index is 0.591. The van der Waals surface area contributed by atoms with Crippen molar-refractivity contribution in [2.24, 2.45) is 0 Å². The fraction of sp³-hybridized carbons (Fsp3) is 0.650. The summed E-state index contributed by atoms with van der Waals surface area (Å²) in [7, 11) is 2.24. The maximum Gasteiger partial charge on any atom is 0.151 e. The number of thiazole rings is 1. The second kappa shape index (κ2) is 6.89. The van der Waals surface area contributed by atoms with Crippen molar-refractivity contribution in [3.8, 4) is 0 Å². The molecule has 2 aliphatic carbocycles. The van der Waals surface area contributed by atoms with Gasteiger partial charge in [0.15, 0.2) is 5.82 Å². The predicted molar refractivity (Wildman–Crippen MR) is 105 cm³/mol. The van der Waals surface area contributed by atoms with E-state index in [4.69, 9.17) is 4.98 Å². The van der Waals surface area contributed by atoms with Gasteiger partial charge in [-0.25, -0.2) is 4.98 Å². The Hall–Kier alpha value is -1.53. The summed E-state index contributed by atoms with van der Waals surface area (Å²) in [4.78, 5) is 11.3. The zero-order chi connectivity index (χ0) is 17.5. The van der Waals surface area contributed by atoms with Crippen LogP contribution in [0, 0.1) is 0 Å². The summed E-state index contributed by atoms with van der Waals surface area (Å²) in [5, 5.41) is 10.3. The van der Waals surface area contributed by atoms with Gasteiger partial charge in [0.25, 0.3) is 0 Å². The van der Waals surface area contributed by atoms with E-state index in [0.717, 1.165) is 31.9 Å². The van der Waals surface area contributed by atoms with Crippen molar-refractivity contribution in [1.29, 1.82) is 0 Å². The van der Waals surface area contributed by atoms with E-state index in [9.17, 15) is 0 Å². The van der Waals surface area contributed by atoms with Gasteiger partial charge in [-0.3, -0.25) is 4.90 Å². The van der Waals surface area contributed by atoms with Gasteiger partial charge in [-0.05, 0) is 70.0 Å². The van der Waals surface area contributed by atoms with Crippen LogP contribution >= 0.6 is 11.3 Å². The highest BCUT2D eigenvalue weighted by Gasteiger charge is 2.32. The first-order valence-electron chi connectivity index (χ1n) is 10.0. The first kappa shape index (κ1) is 16.6. The van der Waals surface area contributed by atoms with Crippen LogP contribution < -0.4 is 4.90 Å². The third-order valence-corrected chi connectivity index (χ3v) is 7.28. The van der Waals surface area contributed by atoms with Crippen LogP contribution in [0.15, 0.2) is 6.07 Å². The molecule has 1 fully saturated rings. The number of aromatic nitrogens is 3. The molecule has 5 rings (SSSR count). The summed E-state index contributed by atoms with van der Waals surface area (Å²) in [5.74, 6) is 1.07. The Morgan fingerprint density at radius 1 is 1.04 bits per heavy atom. The minimum atomic E-state index is 0.591. The standard InChI is InChI=1S/C20H27N5S/c1-24(13-20-21-17-8-4-5-9-18(17)26-20)15-11-25(12-15)19-10-14-6-2-3-7-16(14)22-23-19/h10,15H,2-9,11-13H2,1H3. The van der Waals surface area contributed by atoms with Gasteiger partial charge in [0.2, 0.25) is 0 Å². The van der Waals surface area contributed by atoms with Crippen molar-refractivity contribution in [2.45, 2.75) is 64.0 Å². The zero-order valence-electron chi connectivity index (χ0n) is 15.6. The number of fused-ring (bicyclic) bond motifs is 2. The largest absolute Gasteiger partial charge is 0.352 e. The molecule has 0 unspecified atom stereocenters. The molecule has 0 saturated carbocycles. The molecule has 26 heavy (non-hydrogen) atoms. The first-order valence-corrected chi connectivity index (χ1v) is 10.9. The average Bonchev–Trinajstić information content (AvgIpc) is 3.02. The SMILES string of the molecule is CN(Cc1nc2c(s1)CCCC2)C1CN(c2cc3c(nn2)CCCC3)C1. The number of hydrogen-bond donors (Lipinski definition) is 0. The van der Waals surface area contributed by atoms with Crippen molar-refractivity contribution in [1.82, 2.24) is 20.1 Å². The summed E-state index contributed by atoms with van der Waals surface area (Å²) in [5.41, 5.74) is 4.03. The summed E-state index contributed by atoms with van der Waals surface area (Å²) in [6.07, 6.45) is 9.90. The Bertz CT molecular complexity index is 772. The summed E-state index contributed by atoms with van der Waals surface area (Å²) >= 11 is 1.94. The molecule has 0 bridgehead atoms. The van der Waals surface area contributed by atoms with Gasteiger partial charge in [0, 0.05) is 24.0 Å². The third kappa shape index (κ3) is 3.14. The van der Waals surface area contributed by atoms with E-state index in [1.54, 1.807) is 4.88 Å². The molecule has 0 aromatic carbocycles. The monoisotopic (exact) mass is 369 g/mol. The highest BCUT2D eigenvalue weighted by molar-refractivity contribution is 7.11. The fourth-order valence-electron chi connectivity index (χ4n) is 4.37. The molecular weight excluding hydrogens is 342 g/mol. The predicted octanol–water partition coefficient (Wildman–Crippen LogP) is 3.01. The van der Waals surface area contributed by atoms with E-state index in [0.29, 0.717) is 6.04 Å². The van der Waals surface area contributed by atoms with Crippen LogP contribution in [0.5, 0.6) is 0 Å². The Balaban J connectivity index is 1.19. The van der Waals surface area contributed by atoms with Gasteiger partial charge in [0.05, 0.1) is 17.9 Å². The van der Waals surface area contributed by atoms with Crippen LogP contribution in [0.3, 0.4) is 0 Å². The van der Waals surface area contributed by atoms with Crippen molar-refractivity contribution in [3.05, 3.63) is 32.9 Å². The molecule has 3 heterocycles. The van der Waals surface area contributed by atoms with E-state index in [2.05, 4.69) is 33.1 Å². The van der Waals surface area contributed by atoms with Crippen molar-refractivity contribution < 1.29 is 0 Å². The van der Waals surface area contributed by atoms with E-state index < -0.39 is 0 Å². The second-order valence-corrected chi connectivity index (χ2v) is 9.21. The maximum atomic E-state index is 4.90. The summed E-state index contributed by atoms with van der Waals surface area (Å²) < 4.78 is 0. The Labute approximate surface area is 159 Å². The van der Waals surface area contributed by atoms with Crippen LogP contribution in [0.25, 0.3) is 0 Å². The molecule has 0 N–H and O–H groups in total. The molecule has 0 radical (unpaired) electrons. The first-order chi connectivity index (χ1) is 12.8. The normalized spacial score (nSPS) is 20.0. The van der Waals surface area contributed by atoms with E-state index in [1.807, 2.05) is 11.3 Å². The smallest absolute Gasteiger partial charge is 0.151 e. The van der Waals surface area contributed by atoms with Crippen molar-refractivity contribution in [3.63, 3.8) is 0 Å². The number of aryl methyl sites for hydroxylation is 4. The lowest BCUT2D eigenvalue weighted by Gasteiger charge is -2.44. The van der Waals surface area contributed by atoms with Crippen LogP contribution in [-0.4, -0.2) is 46.3 Å². The van der Waals surface area contributed by atoms with Crippen LogP contribution in [-0.2, 0) is 32.2 Å². The summed E-state index contributed by atoms with van der Waals surface area (Å²) in [6.45, 7) is 3.08. The number of nitrogens with zero attached hydrogens (tertiary/aromatic N) is 5. The van der Waals surface area contributed by atoms with Gasteiger partial charge in [-0.2, -0.15) is 5.10 Å². The molecule has 0 atom stereocenters. The molecule has 5 nitrogen and oxygen atoms in total. The van der Waals surface area contributed by atoms with Gasteiger partial charge >= 0.3 is 0 Å². The molecule has 1 saturated heterocycles. The maximum absolute atomic E-state index is 4.90. The Kier molecular flexibility index (Phi) is 4.41. The van der Waals surface area contributed by atoms with Gasteiger partial charge < -0.3 is 4.90 Å². The number of rotatable bonds is 4. The lowest BCUT2D eigenvalue weighted by Crippen LogP contribution is -2.58. The molecule has 0 amide bonds. The van der Waals surface area contributed by atoms with Gasteiger partial charge in [0.1, 0.15) is 5.01 Å². The van der Waals surface area contributed by atoms with E-state index in [1.165, 1.54) is 66.9 Å². The molecule has 6 heteroatoms. The Morgan fingerprint density at radius 3 is 2.65 bits per heavy atom. The van der Waals surface area contributed by atoms with Crippen LogP contribution in [0.2, 0.25) is 0 Å². The number of anilines is 1. The molecule has 2 aromatic rings. The molecule has 0 spiro atoms. The molecule has 2 aromatic heterocycles. The fourth-order valence-corrected chi connectivity index (χ4v) is 5.59. The van der Waals surface area contributed by atoms with Crippen molar-refractivity contribution in [2.75, 3.05) is 25.0 Å². The molecule has 1 aliphatic heterocycles. The average molecular weight is 370 g/mol.